The van der Waals surface area contributed by atoms with Gasteiger partial charge in [-0.15, -0.1) is 21.5 Å². The zero-order valence-electron chi connectivity index (χ0n) is 11.3. The first-order chi connectivity index (χ1) is 10.3. The fourth-order valence-electron chi connectivity index (χ4n) is 2.54. The number of aromatic nitrogens is 5. The second-order valence-electron chi connectivity index (χ2n) is 4.99. The third kappa shape index (κ3) is 2.38. The molecule has 0 radical (unpaired) electrons. The molecule has 0 aliphatic carbocycles. The van der Waals surface area contributed by atoms with Crippen LogP contribution in [0.15, 0.2) is 21.6 Å². The number of rotatable bonds is 2. The van der Waals surface area contributed by atoms with Gasteiger partial charge in [0.1, 0.15) is 15.7 Å². The fraction of sp³-hybridized carbons (Fsp3) is 0.385. The van der Waals surface area contributed by atoms with E-state index in [-0.39, 0.29) is 0 Å². The molecule has 2 N–H and O–H groups in total. The standard InChI is InChI=1S/C13H14N6S2/c14-12-15-10-8(5-7-20-10)11(16-12)21-13-18-17-9-4-2-1-3-6-19(9)13/h5,7H,1-4,6H2,(H2,14,15,16). The van der Waals surface area contributed by atoms with Gasteiger partial charge >= 0.3 is 0 Å². The summed E-state index contributed by atoms with van der Waals surface area (Å²) in [6.07, 6.45) is 4.63. The largest absolute Gasteiger partial charge is 0.368 e. The smallest absolute Gasteiger partial charge is 0.222 e. The molecule has 0 atom stereocenters. The van der Waals surface area contributed by atoms with Crippen molar-refractivity contribution >= 4 is 39.3 Å². The first kappa shape index (κ1) is 13.0. The summed E-state index contributed by atoms with van der Waals surface area (Å²) < 4.78 is 2.22. The number of fused-ring (bicyclic) bond motifs is 2. The minimum atomic E-state index is 0.308. The minimum Gasteiger partial charge on any atom is -0.368 e. The maximum Gasteiger partial charge on any atom is 0.222 e. The zero-order chi connectivity index (χ0) is 14.2. The molecule has 0 aromatic carbocycles. The summed E-state index contributed by atoms with van der Waals surface area (Å²) in [4.78, 5) is 9.55. The van der Waals surface area contributed by atoms with Crippen molar-refractivity contribution in [3.05, 3.63) is 17.3 Å². The lowest BCUT2D eigenvalue weighted by molar-refractivity contribution is 0.591. The predicted molar refractivity (Wildman–Crippen MR) is 83.5 cm³/mol. The Labute approximate surface area is 129 Å². The Morgan fingerprint density at radius 3 is 3.10 bits per heavy atom. The van der Waals surface area contributed by atoms with Crippen LogP contribution in [0.4, 0.5) is 5.95 Å². The van der Waals surface area contributed by atoms with Crippen molar-refractivity contribution < 1.29 is 0 Å². The monoisotopic (exact) mass is 318 g/mol. The van der Waals surface area contributed by atoms with E-state index in [1.807, 2.05) is 11.4 Å². The molecule has 0 amide bonds. The van der Waals surface area contributed by atoms with Crippen LogP contribution in [0.3, 0.4) is 0 Å². The summed E-state index contributed by atoms with van der Waals surface area (Å²) in [6, 6.07) is 2.03. The van der Waals surface area contributed by atoms with Crippen LogP contribution in [0, 0.1) is 0 Å². The highest BCUT2D eigenvalue weighted by Gasteiger charge is 2.18. The molecule has 0 spiro atoms. The highest BCUT2D eigenvalue weighted by molar-refractivity contribution is 7.99. The molecule has 21 heavy (non-hydrogen) atoms. The van der Waals surface area contributed by atoms with E-state index in [4.69, 9.17) is 5.73 Å². The summed E-state index contributed by atoms with van der Waals surface area (Å²) in [5.74, 6) is 1.39. The zero-order valence-corrected chi connectivity index (χ0v) is 13.0. The van der Waals surface area contributed by atoms with E-state index >= 15 is 0 Å². The average Bonchev–Trinajstić information content (AvgIpc) is 3.00. The topological polar surface area (TPSA) is 82.5 Å². The Hall–Kier alpha value is -1.67. The number of aryl methyl sites for hydroxylation is 1. The Bertz CT molecular complexity index is 793. The number of hydrogen-bond acceptors (Lipinski definition) is 7. The summed E-state index contributed by atoms with van der Waals surface area (Å²) in [5, 5.41) is 13.5. The summed E-state index contributed by atoms with van der Waals surface area (Å²) in [5.41, 5.74) is 5.80. The lowest BCUT2D eigenvalue weighted by Gasteiger charge is -2.06. The van der Waals surface area contributed by atoms with E-state index in [2.05, 4.69) is 24.7 Å². The number of nitrogens with two attached hydrogens (primary N) is 1. The summed E-state index contributed by atoms with van der Waals surface area (Å²) >= 11 is 3.10. The fourth-order valence-corrected chi connectivity index (χ4v) is 4.35. The summed E-state index contributed by atoms with van der Waals surface area (Å²) in [7, 11) is 0. The summed E-state index contributed by atoms with van der Waals surface area (Å²) in [6.45, 7) is 0.984. The van der Waals surface area contributed by atoms with Crippen LogP contribution in [0.2, 0.25) is 0 Å². The number of nitrogen functional groups attached to an aromatic ring is 1. The van der Waals surface area contributed by atoms with E-state index in [1.54, 1.807) is 11.3 Å². The van der Waals surface area contributed by atoms with Gasteiger partial charge in [0.05, 0.1) is 0 Å². The quantitative estimate of drug-likeness (QED) is 0.732. The van der Waals surface area contributed by atoms with Crippen molar-refractivity contribution in [1.29, 1.82) is 0 Å². The van der Waals surface area contributed by atoms with Crippen molar-refractivity contribution in [2.24, 2.45) is 0 Å². The molecule has 4 rings (SSSR count). The Kier molecular flexibility index (Phi) is 3.27. The molecule has 0 bridgehead atoms. The van der Waals surface area contributed by atoms with Gasteiger partial charge in [-0.05, 0) is 36.0 Å². The lowest BCUT2D eigenvalue weighted by atomic mass is 10.2. The molecule has 8 heteroatoms. The molecule has 0 fully saturated rings. The van der Waals surface area contributed by atoms with Gasteiger partial charge in [0.15, 0.2) is 5.16 Å². The third-order valence-electron chi connectivity index (χ3n) is 3.57. The van der Waals surface area contributed by atoms with Crippen LogP contribution in [0.5, 0.6) is 0 Å². The Morgan fingerprint density at radius 1 is 1.19 bits per heavy atom. The predicted octanol–water partition coefficient (Wildman–Crippen LogP) is 2.74. The van der Waals surface area contributed by atoms with Crippen molar-refractivity contribution in [2.75, 3.05) is 5.73 Å². The Morgan fingerprint density at radius 2 is 2.14 bits per heavy atom. The van der Waals surface area contributed by atoms with Gasteiger partial charge in [-0.25, -0.2) is 9.97 Å². The molecular weight excluding hydrogens is 304 g/mol. The van der Waals surface area contributed by atoms with Gasteiger partial charge < -0.3 is 10.3 Å². The third-order valence-corrected chi connectivity index (χ3v) is 5.37. The van der Waals surface area contributed by atoms with Crippen molar-refractivity contribution in [3.63, 3.8) is 0 Å². The van der Waals surface area contributed by atoms with Gasteiger partial charge in [0.2, 0.25) is 5.95 Å². The highest BCUT2D eigenvalue weighted by Crippen LogP contribution is 2.34. The first-order valence-electron chi connectivity index (χ1n) is 6.92. The van der Waals surface area contributed by atoms with Crippen molar-refractivity contribution in [3.8, 4) is 0 Å². The van der Waals surface area contributed by atoms with Crippen LogP contribution in [0.1, 0.15) is 25.1 Å². The molecule has 108 valence electrons. The van der Waals surface area contributed by atoms with Crippen molar-refractivity contribution in [2.45, 2.75) is 42.4 Å². The molecule has 0 saturated carbocycles. The number of anilines is 1. The van der Waals surface area contributed by atoms with Crippen LogP contribution in [-0.2, 0) is 13.0 Å². The van der Waals surface area contributed by atoms with E-state index < -0.39 is 0 Å². The molecular formula is C13H14N6S2. The Balaban J connectivity index is 1.75. The van der Waals surface area contributed by atoms with Crippen LogP contribution < -0.4 is 5.73 Å². The van der Waals surface area contributed by atoms with E-state index in [0.717, 1.165) is 39.2 Å². The average molecular weight is 318 g/mol. The molecule has 3 aromatic heterocycles. The second kappa shape index (κ2) is 5.27. The molecule has 3 aromatic rings. The van der Waals surface area contributed by atoms with E-state index in [1.165, 1.54) is 31.0 Å². The van der Waals surface area contributed by atoms with Gasteiger partial charge in [-0.3, -0.25) is 0 Å². The van der Waals surface area contributed by atoms with Gasteiger partial charge in [-0.1, -0.05) is 6.42 Å². The van der Waals surface area contributed by atoms with Crippen LogP contribution in [0.25, 0.3) is 10.2 Å². The van der Waals surface area contributed by atoms with Gasteiger partial charge in [0.25, 0.3) is 0 Å². The van der Waals surface area contributed by atoms with Gasteiger partial charge in [0, 0.05) is 18.4 Å². The van der Waals surface area contributed by atoms with Crippen LogP contribution >= 0.6 is 23.1 Å². The lowest BCUT2D eigenvalue weighted by Crippen LogP contribution is -2.03. The number of thiophene rings is 1. The maximum absolute atomic E-state index is 5.80. The van der Waals surface area contributed by atoms with E-state index in [0.29, 0.717) is 5.95 Å². The molecule has 0 unspecified atom stereocenters. The van der Waals surface area contributed by atoms with Crippen molar-refractivity contribution in [1.82, 2.24) is 24.7 Å². The molecule has 4 heterocycles. The van der Waals surface area contributed by atoms with Crippen LogP contribution in [-0.4, -0.2) is 24.7 Å². The van der Waals surface area contributed by atoms with Gasteiger partial charge in [-0.2, -0.15) is 0 Å². The number of hydrogen-bond donors (Lipinski definition) is 1. The first-order valence-corrected chi connectivity index (χ1v) is 8.61. The number of nitrogens with zero attached hydrogens (tertiary/aromatic N) is 5. The normalized spacial score (nSPS) is 15.0. The molecule has 1 aliphatic heterocycles. The maximum atomic E-state index is 5.80. The van der Waals surface area contributed by atoms with E-state index in [9.17, 15) is 0 Å². The molecule has 6 nitrogen and oxygen atoms in total. The molecule has 1 aliphatic rings. The second-order valence-corrected chi connectivity index (χ2v) is 6.84. The highest BCUT2D eigenvalue weighted by atomic mass is 32.2. The SMILES string of the molecule is Nc1nc(Sc2nnc3n2CCCCC3)c2ccsc2n1. The molecule has 0 saturated heterocycles. The minimum absolute atomic E-state index is 0.308.